The predicted molar refractivity (Wildman–Crippen MR) is 97.9 cm³/mol. The zero-order chi connectivity index (χ0) is 17.6. The lowest BCUT2D eigenvalue weighted by Crippen LogP contribution is -2.27. The number of hydrogen-bond acceptors (Lipinski definition) is 3. The number of hydrogen-bond donors (Lipinski definition) is 1. The van der Waals surface area contributed by atoms with Crippen LogP contribution in [0.1, 0.15) is 43.7 Å². The van der Waals surface area contributed by atoms with Gasteiger partial charge in [0.25, 0.3) is 0 Å². The van der Waals surface area contributed by atoms with Crippen LogP contribution >= 0.6 is 0 Å². The van der Waals surface area contributed by atoms with Gasteiger partial charge in [-0.3, -0.25) is 4.79 Å². The molecule has 2 aromatic rings. The molecule has 1 aliphatic rings. The fourth-order valence-corrected chi connectivity index (χ4v) is 3.00. The van der Waals surface area contributed by atoms with E-state index in [-0.39, 0.29) is 18.6 Å². The SMILES string of the molecule is CC(C)CCNC(=O)C[C@H](c1ccccc1)c1ccc2c(c1)OCO2. The molecular formula is C21H25NO3. The summed E-state index contributed by atoms with van der Waals surface area (Å²) in [4.78, 5) is 12.4. The van der Waals surface area contributed by atoms with Gasteiger partial charge in [0, 0.05) is 18.9 Å². The molecule has 0 saturated carbocycles. The topological polar surface area (TPSA) is 47.6 Å². The maximum atomic E-state index is 12.4. The van der Waals surface area contributed by atoms with Gasteiger partial charge in [0.05, 0.1) is 0 Å². The lowest BCUT2D eigenvalue weighted by atomic mass is 9.88. The Morgan fingerprint density at radius 1 is 1.04 bits per heavy atom. The molecule has 2 aromatic carbocycles. The predicted octanol–water partition coefficient (Wildman–Crippen LogP) is 4.10. The largest absolute Gasteiger partial charge is 0.454 e. The zero-order valence-corrected chi connectivity index (χ0v) is 14.8. The third kappa shape index (κ3) is 4.53. The van der Waals surface area contributed by atoms with Crippen molar-refractivity contribution in [2.24, 2.45) is 5.92 Å². The molecule has 0 aromatic heterocycles. The van der Waals surface area contributed by atoms with E-state index in [4.69, 9.17) is 9.47 Å². The van der Waals surface area contributed by atoms with E-state index in [1.54, 1.807) is 0 Å². The summed E-state index contributed by atoms with van der Waals surface area (Å²) in [5.41, 5.74) is 2.19. The van der Waals surface area contributed by atoms with E-state index in [0.29, 0.717) is 12.3 Å². The number of rotatable bonds is 7. The molecule has 1 N–H and O–H groups in total. The molecule has 0 radical (unpaired) electrons. The summed E-state index contributed by atoms with van der Waals surface area (Å²) in [6.07, 6.45) is 1.41. The van der Waals surface area contributed by atoms with Crippen LogP contribution in [0.2, 0.25) is 0 Å². The average molecular weight is 339 g/mol. The number of nitrogens with one attached hydrogen (secondary N) is 1. The summed E-state index contributed by atoms with van der Waals surface area (Å²) >= 11 is 0. The highest BCUT2D eigenvalue weighted by molar-refractivity contribution is 5.77. The molecule has 4 nitrogen and oxygen atoms in total. The van der Waals surface area contributed by atoms with Gasteiger partial charge < -0.3 is 14.8 Å². The number of carbonyl (C=O) groups excluding carboxylic acids is 1. The molecule has 1 atom stereocenters. The Hall–Kier alpha value is -2.49. The molecule has 1 heterocycles. The molecule has 1 aliphatic heterocycles. The van der Waals surface area contributed by atoms with Gasteiger partial charge in [-0.2, -0.15) is 0 Å². The van der Waals surface area contributed by atoms with E-state index in [9.17, 15) is 4.79 Å². The van der Waals surface area contributed by atoms with Crippen molar-refractivity contribution in [3.05, 3.63) is 59.7 Å². The van der Waals surface area contributed by atoms with Crippen LogP contribution in [-0.4, -0.2) is 19.2 Å². The molecular weight excluding hydrogens is 314 g/mol. The monoisotopic (exact) mass is 339 g/mol. The molecule has 3 rings (SSSR count). The quantitative estimate of drug-likeness (QED) is 0.826. The highest BCUT2D eigenvalue weighted by Crippen LogP contribution is 2.37. The van der Waals surface area contributed by atoms with E-state index in [1.807, 2.05) is 36.4 Å². The summed E-state index contributed by atoms with van der Waals surface area (Å²) in [6.45, 7) is 5.29. The second kappa shape index (κ2) is 8.06. The van der Waals surface area contributed by atoms with Gasteiger partial charge in [0.15, 0.2) is 11.5 Å². The molecule has 0 saturated heterocycles. The van der Waals surface area contributed by atoms with Gasteiger partial charge in [0.1, 0.15) is 0 Å². The van der Waals surface area contributed by atoms with Crippen molar-refractivity contribution in [3.63, 3.8) is 0 Å². The Morgan fingerprint density at radius 3 is 2.56 bits per heavy atom. The Morgan fingerprint density at radius 2 is 1.80 bits per heavy atom. The molecule has 0 aliphatic carbocycles. The Bertz CT molecular complexity index is 712. The maximum absolute atomic E-state index is 12.4. The van der Waals surface area contributed by atoms with Crippen LogP contribution in [0.3, 0.4) is 0 Å². The highest BCUT2D eigenvalue weighted by Gasteiger charge is 2.21. The van der Waals surface area contributed by atoms with Crippen LogP contribution in [-0.2, 0) is 4.79 Å². The van der Waals surface area contributed by atoms with Crippen molar-refractivity contribution in [1.29, 1.82) is 0 Å². The molecule has 0 fully saturated rings. The van der Waals surface area contributed by atoms with E-state index < -0.39 is 0 Å². The van der Waals surface area contributed by atoms with Gasteiger partial charge in [-0.25, -0.2) is 0 Å². The third-order valence-corrected chi connectivity index (χ3v) is 4.43. The fraction of sp³-hybridized carbons (Fsp3) is 0.381. The number of ether oxygens (including phenoxy) is 2. The molecule has 0 bridgehead atoms. The van der Waals surface area contributed by atoms with E-state index in [2.05, 4.69) is 31.3 Å². The van der Waals surface area contributed by atoms with Gasteiger partial charge in [0.2, 0.25) is 12.7 Å². The van der Waals surface area contributed by atoms with Crippen LogP contribution in [0.4, 0.5) is 0 Å². The third-order valence-electron chi connectivity index (χ3n) is 4.43. The lowest BCUT2D eigenvalue weighted by Gasteiger charge is -2.18. The number of fused-ring (bicyclic) bond motifs is 1. The first-order chi connectivity index (χ1) is 12.1. The summed E-state index contributed by atoms with van der Waals surface area (Å²) in [5.74, 6) is 2.16. The molecule has 25 heavy (non-hydrogen) atoms. The Labute approximate surface area is 149 Å². The number of carbonyl (C=O) groups is 1. The van der Waals surface area contributed by atoms with Gasteiger partial charge in [-0.1, -0.05) is 50.2 Å². The van der Waals surface area contributed by atoms with Gasteiger partial charge in [-0.05, 0) is 35.6 Å². The molecule has 4 heteroatoms. The lowest BCUT2D eigenvalue weighted by molar-refractivity contribution is -0.121. The van der Waals surface area contributed by atoms with Crippen LogP contribution in [0.25, 0.3) is 0 Å². The molecule has 0 spiro atoms. The summed E-state index contributed by atoms with van der Waals surface area (Å²) < 4.78 is 10.9. The maximum Gasteiger partial charge on any atom is 0.231 e. The van der Waals surface area contributed by atoms with Gasteiger partial charge in [-0.15, -0.1) is 0 Å². The van der Waals surface area contributed by atoms with E-state index in [0.717, 1.165) is 35.6 Å². The van der Waals surface area contributed by atoms with E-state index in [1.165, 1.54) is 0 Å². The van der Waals surface area contributed by atoms with E-state index >= 15 is 0 Å². The molecule has 132 valence electrons. The second-order valence-corrected chi connectivity index (χ2v) is 6.81. The standard InChI is InChI=1S/C21H25NO3/c1-15(2)10-11-22-21(23)13-18(16-6-4-3-5-7-16)17-8-9-19-20(12-17)25-14-24-19/h3-9,12,15,18H,10-11,13-14H2,1-2H3,(H,22,23)/t18-/m1/s1. The second-order valence-electron chi connectivity index (χ2n) is 6.81. The van der Waals surface area contributed by atoms with Crippen LogP contribution in [0, 0.1) is 5.92 Å². The number of benzene rings is 2. The minimum absolute atomic E-state index is 0.00486. The van der Waals surface area contributed by atoms with Crippen molar-refractivity contribution >= 4 is 5.91 Å². The van der Waals surface area contributed by atoms with Crippen LogP contribution in [0.15, 0.2) is 48.5 Å². The average Bonchev–Trinajstić information content (AvgIpc) is 3.08. The Balaban J connectivity index is 1.78. The first-order valence-electron chi connectivity index (χ1n) is 8.84. The van der Waals surface area contributed by atoms with Crippen LogP contribution < -0.4 is 14.8 Å². The summed E-state index contributed by atoms with van der Waals surface area (Å²) in [7, 11) is 0. The van der Waals surface area contributed by atoms with Crippen molar-refractivity contribution in [2.75, 3.05) is 13.3 Å². The minimum Gasteiger partial charge on any atom is -0.454 e. The highest BCUT2D eigenvalue weighted by atomic mass is 16.7. The molecule has 1 amide bonds. The van der Waals surface area contributed by atoms with Crippen molar-refractivity contribution in [3.8, 4) is 11.5 Å². The fourth-order valence-electron chi connectivity index (χ4n) is 3.00. The minimum atomic E-state index is -0.00486. The summed E-state index contributed by atoms with van der Waals surface area (Å²) in [6, 6.07) is 16.1. The van der Waals surface area contributed by atoms with Crippen molar-refractivity contribution in [1.82, 2.24) is 5.32 Å². The smallest absolute Gasteiger partial charge is 0.231 e. The zero-order valence-electron chi connectivity index (χ0n) is 14.8. The van der Waals surface area contributed by atoms with Crippen molar-refractivity contribution in [2.45, 2.75) is 32.6 Å². The normalized spacial score (nSPS) is 13.7. The molecule has 0 unspecified atom stereocenters. The Kier molecular flexibility index (Phi) is 5.59. The first kappa shape index (κ1) is 17.3. The van der Waals surface area contributed by atoms with Gasteiger partial charge >= 0.3 is 0 Å². The summed E-state index contributed by atoms with van der Waals surface area (Å²) in [5, 5.41) is 3.04. The number of amides is 1. The first-order valence-corrected chi connectivity index (χ1v) is 8.84. The van der Waals surface area contributed by atoms with Crippen molar-refractivity contribution < 1.29 is 14.3 Å². The van der Waals surface area contributed by atoms with Crippen LogP contribution in [0.5, 0.6) is 11.5 Å².